The second-order valence-electron chi connectivity index (χ2n) is 5.59. The first kappa shape index (κ1) is 13.1. The topological polar surface area (TPSA) is 35.6 Å². The van der Waals surface area contributed by atoms with Crippen LogP contribution in [0.4, 0.5) is 0 Å². The summed E-state index contributed by atoms with van der Waals surface area (Å²) in [5, 5.41) is 11.7. The van der Waals surface area contributed by atoms with Gasteiger partial charge in [0.25, 0.3) is 0 Å². The van der Waals surface area contributed by atoms with Crippen molar-refractivity contribution in [1.82, 2.24) is 19.6 Å². The van der Waals surface area contributed by atoms with Crippen LogP contribution >= 0.6 is 0 Å². The Morgan fingerprint density at radius 2 is 1.77 bits per heavy atom. The molecule has 0 aliphatic carbocycles. The van der Waals surface area contributed by atoms with Gasteiger partial charge in [0.15, 0.2) is 0 Å². The number of hydrogen-bond acceptors (Lipinski definition) is 2. The van der Waals surface area contributed by atoms with Gasteiger partial charge in [0.2, 0.25) is 0 Å². The number of aromatic nitrogens is 4. The van der Waals surface area contributed by atoms with Crippen molar-refractivity contribution in [2.45, 2.75) is 25.9 Å². The van der Waals surface area contributed by atoms with E-state index in [1.54, 1.807) is 0 Å². The summed E-state index contributed by atoms with van der Waals surface area (Å²) in [4.78, 5) is 0. The van der Waals surface area contributed by atoms with Gasteiger partial charge in [0, 0.05) is 17.0 Å². The molecule has 0 saturated heterocycles. The van der Waals surface area contributed by atoms with Crippen molar-refractivity contribution in [3.63, 3.8) is 0 Å². The summed E-state index contributed by atoms with van der Waals surface area (Å²) in [6, 6.07) is 16.5. The number of fused-ring (bicyclic) bond motifs is 2. The Labute approximate surface area is 129 Å². The summed E-state index contributed by atoms with van der Waals surface area (Å²) in [5.41, 5.74) is 2.18. The molecule has 0 saturated carbocycles. The maximum absolute atomic E-state index is 4.75. The Morgan fingerprint density at radius 3 is 2.59 bits per heavy atom. The van der Waals surface area contributed by atoms with Gasteiger partial charge in [-0.05, 0) is 18.6 Å². The summed E-state index contributed by atoms with van der Waals surface area (Å²) in [6.45, 7) is 2.20. The molecule has 2 aromatic heterocycles. The highest BCUT2D eigenvalue weighted by Crippen LogP contribution is 2.24. The second kappa shape index (κ2) is 5.30. The van der Waals surface area contributed by atoms with Gasteiger partial charge < -0.3 is 0 Å². The molecule has 1 unspecified atom stereocenters. The molecule has 4 nitrogen and oxygen atoms in total. The highest BCUT2D eigenvalue weighted by Gasteiger charge is 2.17. The van der Waals surface area contributed by atoms with Crippen molar-refractivity contribution in [1.29, 1.82) is 0 Å². The first-order valence-electron chi connectivity index (χ1n) is 7.73. The first-order valence-corrected chi connectivity index (χ1v) is 7.73. The van der Waals surface area contributed by atoms with E-state index in [2.05, 4.69) is 53.2 Å². The van der Waals surface area contributed by atoms with E-state index in [1.807, 2.05) is 29.1 Å². The van der Waals surface area contributed by atoms with Gasteiger partial charge in [0.1, 0.15) is 6.17 Å². The predicted octanol–water partition coefficient (Wildman–Crippen LogP) is 4.23. The zero-order valence-corrected chi connectivity index (χ0v) is 12.6. The summed E-state index contributed by atoms with van der Waals surface area (Å²) >= 11 is 0. The molecule has 0 fully saturated rings. The third-order valence-electron chi connectivity index (χ3n) is 4.07. The number of rotatable bonds is 4. The van der Waals surface area contributed by atoms with Gasteiger partial charge in [-0.15, -0.1) is 0 Å². The fourth-order valence-corrected chi connectivity index (χ4v) is 2.99. The van der Waals surface area contributed by atoms with Crippen LogP contribution in [0, 0.1) is 0 Å². The number of hydrogen-bond donors (Lipinski definition) is 0. The summed E-state index contributed by atoms with van der Waals surface area (Å²) in [6.07, 6.45) is 6.24. The van der Waals surface area contributed by atoms with Crippen molar-refractivity contribution in [3.8, 4) is 0 Å². The van der Waals surface area contributed by atoms with E-state index in [0.717, 1.165) is 23.9 Å². The Bertz CT molecular complexity index is 886. The van der Waals surface area contributed by atoms with Gasteiger partial charge in [-0.1, -0.05) is 49.7 Å². The van der Waals surface area contributed by atoms with Crippen molar-refractivity contribution in [3.05, 3.63) is 60.9 Å². The largest absolute Gasteiger partial charge is 0.247 e. The minimum absolute atomic E-state index is 0.109. The van der Waals surface area contributed by atoms with Crippen LogP contribution < -0.4 is 0 Å². The van der Waals surface area contributed by atoms with E-state index in [4.69, 9.17) is 5.10 Å². The van der Waals surface area contributed by atoms with Gasteiger partial charge in [-0.25, -0.2) is 9.36 Å². The van der Waals surface area contributed by atoms with Gasteiger partial charge >= 0.3 is 0 Å². The molecule has 0 aliphatic rings. The second-order valence-corrected chi connectivity index (χ2v) is 5.59. The van der Waals surface area contributed by atoms with Crippen molar-refractivity contribution in [2.75, 3.05) is 0 Å². The Morgan fingerprint density at radius 1 is 1.00 bits per heavy atom. The molecule has 0 bridgehead atoms. The molecule has 22 heavy (non-hydrogen) atoms. The molecular weight excluding hydrogens is 272 g/mol. The quantitative estimate of drug-likeness (QED) is 0.564. The highest BCUT2D eigenvalue weighted by atomic mass is 15.4. The standard InChI is InChI=1S/C18H18N4/c1-2-7-18(21-13-15-9-3-5-10-16(15)20-21)22-17-11-6-4-8-14(17)12-19-22/h3-6,8-13,18H,2,7H2,1H3. The Balaban J connectivity index is 1.86. The molecule has 2 aromatic carbocycles. The summed E-state index contributed by atoms with van der Waals surface area (Å²) in [5.74, 6) is 0. The van der Waals surface area contributed by atoms with Crippen LogP contribution in [-0.2, 0) is 0 Å². The van der Waals surface area contributed by atoms with Gasteiger partial charge in [-0.2, -0.15) is 10.2 Å². The third kappa shape index (κ3) is 2.08. The fraction of sp³-hybridized carbons (Fsp3) is 0.222. The normalized spacial score (nSPS) is 13.0. The van der Waals surface area contributed by atoms with E-state index in [9.17, 15) is 0 Å². The van der Waals surface area contributed by atoms with E-state index in [-0.39, 0.29) is 6.17 Å². The first-order chi connectivity index (χ1) is 10.9. The maximum atomic E-state index is 4.75. The molecule has 0 spiro atoms. The van der Waals surface area contributed by atoms with Crippen LogP contribution in [0.3, 0.4) is 0 Å². The number of benzene rings is 2. The SMILES string of the molecule is CCCC(n1cc2ccccc2n1)n1ncc2ccccc21. The molecule has 0 radical (unpaired) electrons. The minimum Gasteiger partial charge on any atom is -0.247 e. The van der Waals surface area contributed by atoms with Crippen LogP contribution in [0.5, 0.6) is 0 Å². The van der Waals surface area contributed by atoms with E-state index in [1.165, 1.54) is 10.8 Å². The lowest BCUT2D eigenvalue weighted by atomic mass is 10.2. The summed E-state index contributed by atoms with van der Waals surface area (Å²) < 4.78 is 4.14. The summed E-state index contributed by atoms with van der Waals surface area (Å²) in [7, 11) is 0. The Hall–Kier alpha value is -2.62. The van der Waals surface area contributed by atoms with Gasteiger partial charge in [-0.3, -0.25) is 0 Å². The van der Waals surface area contributed by atoms with Gasteiger partial charge in [0.05, 0.1) is 17.2 Å². The van der Waals surface area contributed by atoms with Crippen LogP contribution in [0.25, 0.3) is 21.8 Å². The highest BCUT2D eigenvalue weighted by molar-refractivity contribution is 5.79. The monoisotopic (exact) mass is 290 g/mol. The van der Waals surface area contributed by atoms with Crippen LogP contribution in [-0.4, -0.2) is 19.6 Å². The van der Waals surface area contributed by atoms with Crippen molar-refractivity contribution < 1.29 is 0 Å². The number of para-hydroxylation sites is 1. The lowest BCUT2D eigenvalue weighted by Gasteiger charge is -2.18. The molecule has 1 atom stereocenters. The average Bonchev–Trinajstić information content (AvgIpc) is 3.16. The lowest BCUT2D eigenvalue weighted by Crippen LogP contribution is -2.19. The molecule has 0 aliphatic heterocycles. The lowest BCUT2D eigenvalue weighted by molar-refractivity contribution is 0.346. The molecule has 4 rings (SSSR count). The molecule has 0 amide bonds. The molecule has 4 heteroatoms. The zero-order chi connectivity index (χ0) is 14.9. The fourth-order valence-electron chi connectivity index (χ4n) is 2.99. The molecule has 4 aromatic rings. The van der Waals surface area contributed by atoms with Crippen LogP contribution in [0.15, 0.2) is 60.9 Å². The van der Waals surface area contributed by atoms with Crippen molar-refractivity contribution >= 4 is 21.8 Å². The van der Waals surface area contributed by atoms with Crippen LogP contribution in [0.2, 0.25) is 0 Å². The average molecular weight is 290 g/mol. The molecular formula is C18H18N4. The van der Waals surface area contributed by atoms with E-state index in [0.29, 0.717) is 0 Å². The van der Waals surface area contributed by atoms with E-state index >= 15 is 0 Å². The van der Waals surface area contributed by atoms with Crippen molar-refractivity contribution in [2.24, 2.45) is 0 Å². The molecule has 0 N–H and O–H groups in total. The number of nitrogens with zero attached hydrogens (tertiary/aromatic N) is 4. The maximum Gasteiger partial charge on any atom is 0.144 e. The smallest absolute Gasteiger partial charge is 0.144 e. The van der Waals surface area contributed by atoms with E-state index < -0.39 is 0 Å². The van der Waals surface area contributed by atoms with Crippen LogP contribution in [0.1, 0.15) is 25.9 Å². The zero-order valence-electron chi connectivity index (χ0n) is 12.6. The molecule has 110 valence electrons. The Kier molecular flexibility index (Phi) is 3.15. The minimum atomic E-state index is 0.109. The molecule has 2 heterocycles. The predicted molar refractivity (Wildman–Crippen MR) is 88.8 cm³/mol. The third-order valence-corrected chi connectivity index (χ3v) is 4.07.